The summed E-state index contributed by atoms with van der Waals surface area (Å²) in [4.78, 5) is 36.2. The standard InChI is InChI=1S/C23H23N5O4S2/c1-28(34(2,31)32)16-12-10-15(11-13-16)19-14-33-23(25-19)27-21(29)9-5-8-20-24-18-7-4-3-6-17(18)22(30)26-20/h3-4,6-7,10-14H,5,8-9H2,1-2H3,(H,24,26,30)(H,25,27,29). The normalized spacial score (nSPS) is 11.5. The maximum Gasteiger partial charge on any atom is 0.258 e. The number of sulfonamides is 1. The summed E-state index contributed by atoms with van der Waals surface area (Å²) in [5, 5.41) is 5.65. The molecule has 0 saturated heterocycles. The smallest absolute Gasteiger partial charge is 0.258 e. The van der Waals surface area contributed by atoms with E-state index in [-0.39, 0.29) is 17.9 Å². The van der Waals surface area contributed by atoms with Crippen LogP contribution in [0.25, 0.3) is 22.2 Å². The number of aromatic nitrogens is 3. The first-order chi connectivity index (χ1) is 16.2. The van der Waals surface area contributed by atoms with Crippen LogP contribution in [-0.2, 0) is 21.2 Å². The minimum atomic E-state index is -3.33. The third-order valence-corrected chi connectivity index (χ3v) is 7.22. The van der Waals surface area contributed by atoms with Crippen molar-refractivity contribution in [3.63, 3.8) is 0 Å². The number of carbonyl (C=O) groups is 1. The molecule has 176 valence electrons. The average molecular weight is 498 g/mol. The van der Waals surface area contributed by atoms with Gasteiger partial charge in [-0.3, -0.25) is 13.9 Å². The summed E-state index contributed by atoms with van der Waals surface area (Å²) < 4.78 is 24.5. The lowest BCUT2D eigenvalue weighted by molar-refractivity contribution is -0.116. The zero-order valence-corrected chi connectivity index (χ0v) is 20.2. The number of fused-ring (bicyclic) bond motifs is 1. The van der Waals surface area contributed by atoms with Crippen molar-refractivity contribution in [2.24, 2.45) is 0 Å². The molecule has 0 radical (unpaired) electrons. The van der Waals surface area contributed by atoms with Gasteiger partial charge < -0.3 is 10.3 Å². The Labute approximate surface area is 200 Å². The molecule has 0 saturated carbocycles. The number of carbonyl (C=O) groups excluding carboxylic acids is 1. The lowest BCUT2D eigenvalue weighted by atomic mass is 10.1. The number of nitrogens with one attached hydrogen (secondary N) is 2. The quantitative estimate of drug-likeness (QED) is 0.384. The molecule has 0 aliphatic carbocycles. The minimum Gasteiger partial charge on any atom is -0.310 e. The van der Waals surface area contributed by atoms with E-state index < -0.39 is 10.0 Å². The summed E-state index contributed by atoms with van der Waals surface area (Å²) in [6.07, 6.45) is 2.41. The lowest BCUT2D eigenvalue weighted by Gasteiger charge is -2.16. The molecule has 0 bridgehead atoms. The van der Waals surface area contributed by atoms with Crippen molar-refractivity contribution >= 4 is 49.0 Å². The molecule has 0 fully saturated rings. The molecule has 0 spiro atoms. The number of hydrogen-bond acceptors (Lipinski definition) is 7. The largest absolute Gasteiger partial charge is 0.310 e. The number of H-pyrrole nitrogens is 1. The molecule has 0 atom stereocenters. The molecule has 2 aromatic carbocycles. The predicted molar refractivity (Wildman–Crippen MR) is 135 cm³/mol. The van der Waals surface area contributed by atoms with Crippen LogP contribution >= 0.6 is 11.3 Å². The Hall–Kier alpha value is -3.57. The molecule has 0 unspecified atom stereocenters. The van der Waals surface area contributed by atoms with Crippen LogP contribution in [0.3, 0.4) is 0 Å². The molecule has 2 N–H and O–H groups in total. The van der Waals surface area contributed by atoms with Crippen molar-refractivity contribution in [1.82, 2.24) is 15.0 Å². The summed E-state index contributed by atoms with van der Waals surface area (Å²) >= 11 is 1.31. The number of aromatic amines is 1. The molecular weight excluding hydrogens is 474 g/mol. The van der Waals surface area contributed by atoms with Crippen LogP contribution in [0.2, 0.25) is 0 Å². The van der Waals surface area contributed by atoms with Gasteiger partial charge in [-0.25, -0.2) is 18.4 Å². The van der Waals surface area contributed by atoms with Gasteiger partial charge in [0.05, 0.1) is 28.5 Å². The highest BCUT2D eigenvalue weighted by Crippen LogP contribution is 2.27. The zero-order chi connectivity index (χ0) is 24.3. The van der Waals surface area contributed by atoms with Crippen LogP contribution in [0.1, 0.15) is 18.7 Å². The van der Waals surface area contributed by atoms with Crippen LogP contribution in [0.15, 0.2) is 58.7 Å². The van der Waals surface area contributed by atoms with Crippen LogP contribution in [0.4, 0.5) is 10.8 Å². The number of amides is 1. The predicted octanol–water partition coefficient (Wildman–Crippen LogP) is 3.40. The van der Waals surface area contributed by atoms with Crippen molar-refractivity contribution in [3.8, 4) is 11.3 Å². The summed E-state index contributed by atoms with van der Waals surface area (Å²) in [5.41, 5.74) is 2.51. The molecule has 2 aromatic heterocycles. The molecule has 0 aliphatic rings. The van der Waals surface area contributed by atoms with Crippen molar-refractivity contribution < 1.29 is 13.2 Å². The van der Waals surface area contributed by atoms with Crippen LogP contribution in [0.5, 0.6) is 0 Å². The Morgan fingerprint density at radius 3 is 2.59 bits per heavy atom. The fraction of sp³-hybridized carbons (Fsp3) is 0.217. The van der Waals surface area contributed by atoms with Gasteiger partial charge in [0, 0.05) is 30.8 Å². The highest BCUT2D eigenvalue weighted by atomic mass is 32.2. The molecule has 11 heteroatoms. The van der Waals surface area contributed by atoms with E-state index in [0.717, 1.165) is 11.8 Å². The number of aryl methyl sites for hydroxylation is 1. The number of para-hydroxylation sites is 1. The molecule has 4 aromatic rings. The van der Waals surface area contributed by atoms with Gasteiger partial charge in [0.2, 0.25) is 15.9 Å². The zero-order valence-electron chi connectivity index (χ0n) is 18.6. The van der Waals surface area contributed by atoms with E-state index in [1.54, 1.807) is 42.5 Å². The number of benzene rings is 2. The van der Waals surface area contributed by atoms with Crippen LogP contribution < -0.4 is 15.2 Å². The van der Waals surface area contributed by atoms with Gasteiger partial charge in [-0.05, 0) is 30.7 Å². The summed E-state index contributed by atoms with van der Waals surface area (Å²) in [6, 6.07) is 14.1. The second-order valence-electron chi connectivity index (χ2n) is 7.75. The van der Waals surface area contributed by atoms with Crippen molar-refractivity contribution in [2.45, 2.75) is 19.3 Å². The highest BCUT2D eigenvalue weighted by Gasteiger charge is 2.13. The third kappa shape index (κ3) is 5.49. The topological polar surface area (TPSA) is 125 Å². The molecule has 2 heterocycles. The first kappa shape index (κ1) is 23.6. The average Bonchev–Trinajstić information content (AvgIpc) is 3.26. The van der Waals surface area contributed by atoms with Gasteiger partial charge >= 0.3 is 0 Å². The number of nitrogens with zero attached hydrogens (tertiary/aromatic N) is 3. The number of hydrogen-bond donors (Lipinski definition) is 2. The Morgan fingerprint density at radius 2 is 1.85 bits per heavy atom. The fourth-order valence-corrected chi connectivity index (χ4v) is 4.59. The summed E-state index contributed by atoms with van der Waals surface area (Å²) in [6.45, 7) is 0. The van der Waals surface area contributed by atoms with E-state index >= 15 is 0 Å². The Kier molecular flexibility index (Phi) is 6.75. The third-order valence-electron chi connectivity index (χ3n) is 5.25. The Bertz CT molecular complexity index is 1490. The SMILES string of the molecule is CN(c1ccc(-c2csc(NC(=O)CCCc3nc4ccccc4c(=O)[nH]3)n2)cc1)S(C)(=O)=O. The maximum absolute atomic E-state index is 12.3. The molecule has 34 heavy (non-hydrogen) atoms. The molecule has 1 amide bonds. The first-order valence-electron chi connectivity index (χ1n) is 10.5. The van der Waals surface area contributed by atoms with E-state index in [1.165, 1.54) is 22.7 Å². The Morgan fingerprint density at radius 1 is 1.12 bits per heavy atom. The number of thiazole rings is 1. The van der Waals surface area contributed by atoms with Gasteiger partial charge in [-0.1, -0.05) is 24.3 Å². The van der Waals surface area contributed by atoms with Crippen molar-refractivity contribution in [3.05, 3.63) is 70.1 Å². The van der Waals surface area contributed by atoms with Gasteiger partial charge in [-0.2, -0.15) is 0 Å². The van der Waals surface area contributed by atoms with E-state index in [1.807, 2.05) is 11.4 Å². The maximum atomic E-state index is 12.3. The fourth-order valence-electron chi connectivity index (χ4n) is 3.35. The monoisotopic (exact) mass is 497 g/mol. The summed E-state index contributed by atoms with van der Waals surface area (Å²) in [5.74, 6) is 0.382. The van der Waals surface area contributed by atoms with Crippen LogP contribution in [0, 0.1) is 0 Å². The minimum absolute atomic E-state index is 0.172. The second kappa shape index (κ2) is 9.74. The van der Waals surface area contributed by atoms with Crippen molar-refractivity contribution in [1.29, 1.82) is 0 Å². The highest BCUT2D eigenvalue weighted by molar-refractivity contribution is 7.92. The van der Waals surface area contributed by atoms with E-state index in [2.05, 4.69) is 20.3 Å². The summed E-state index contributed by atoms with van der Waals surface area (Å²) in [7, 11) is -1.83. The lowest BCUT2D eigenvalue weighted by Crippen LogP contribution is -2.24. The first-order valence-corrected chi connectivity index (χ1v) is 13.2. The van der Waals surface area contributed by atoms with Crippen molar-refractivity contribution in [2.75, 3.05) is 22.9 Å². The van der Waals surface area contributed by atoms with Gasteiger partial charge in [0.1, 0.15) is 5.82 Å². The number of anilines is 2. The van der Waals surface area contributed by atoms with E-state index in [0.29, 0.717) is 46.1 Å². The Balaban J connectivity index is 1.33. The molecular formula is C23H23N5O4S2. The van der Waals surface area contributed by atoms with Gasteiger partial charge in [-0.15, -0.1) is 11.3 Å². The van der Waals surface area contributed by atoms with Crippen LogP contribution in [-0.4, -0.2) is 42.6 Å². The second-order valence-corrected chi connectivity index (χ2v) is 10.6. The van der Waals surface area contributed by atoms with E-state index in [4.69, 9.17) is 0 Å². The van der Waals surface area contributed by atoms with Gasteiger partial charge in [0.15, 0.2) is 5.13 Å². The van der Waals surface area contributed by atoms with E-state index in [9.17, 15) is 18.0 Å². The molecule has 4 rings (SSSR count). The molecule has 0 aliphatic heterocycles. The van der Waals surface area contributed by atoms with Gasteiger partial charge in [0.25, 0.3) is 5.56 Å². The molecule has 9 nitrogen and oxygen atoms in total. The number of rotatable bonds is 8.